The summed E-state index contributed by atoms with van der Waals surface area (Å²) in [5, 5.41) is 0. The van der Waals surface area contributed by atoms with Gasteiger partial charge in [0.25, 0.3) is 0 Å². The standard InChI is InChI=1S/C11H16Br2N2O/c1-15(7-3-2-4-7)9(6-14)10-5-8(12)11(13)16-10/h5,7,9H,2-4,6,14H2,1H3. The van der Waals surface area contributed by atoms with E-state index in [1.54, 1.807) is 0 Å². The molecular formula is C11H16Br2N2O. The Balaban J connectivity index is 2.14. The molecule has 1 atom stereocenters. The van der Waals surface area contributed by atoms with Gasteiger partial charge in [-0.1, -0.05) is 6.42 Å². The average Bonchev–Trinajstić information content (AvgIpc) is 2.45. The third kappa shape index (κ3) is 2.37. The maximum absolute atomic E-state index is 5.85. The molecule has 0 spiro atoms. The first-order valence-corrected chi connectivity index (χ1v) is 7.08. The molecule has 1 aliphatic rings. The predicted octanol–water partition coefficient (Wildman–Crippen LogP) is 3.29. The van der Waals surface area contributed by atoms with E-state index in [0.717, 1.165) is 14.9 Å². The molecule has 1 fully saturated rings. The highest BCUT2D eigenvalue weighted by Crippen LogP contribution is 2.35. The van der Waals surface area contributed by atoms with Crippen molar-refractivity contribution < 1.29 is 4.42 Å². The largest absolute Gasteiger partial charge is 0.451 e. The monoisotopic (exact) mass is 350 g/mol. The molecule has 0 amide bonds. The minimum Gasteiger partial charge on any atom is -0.451 e. The van der Waals surface area contributed by atoms with Gasteiger partial charge in [-0.15, -0.1) is 0 Å². The smallest absolute Gasteiger partial charge is 0.183 e. The maximum Gasteiger partial charge on any atom is 0.183 e. The van der Waals surface area contributed by atoms with Gasteiger partial charge in [0.2, 0.25) is 0 Å². The van der Waals surface area contributed by atoms with Crippen molar-refractivity contribution in [3.05, 3.63) is 21.0 Å². The second-order valence-electron chi connectivity index (χ2n) is 4.27. The van der Waals surface area contributed by atoms with Crippen molar-refractivity contribution in [2.45, 2.75) is 31.3 Å². The lowest BCUT2D eigenvalue weighted by molar-refractivity contribution is 0.101. The number of furan rings is 1. The zero-order valence-electron chi connectivity index (χ0n) is 9.25. The van der Waals surface area contributed by atoms with Gasteiger partial charge in [-0.3, -0.25) is 4.90 Å². The number of rotatable bonds is 4. The normalized spacial score (nSPS) is 18.8. The lowest BCUT2D eigenvalue weighted by Crippen LogP contribution is -2.42. The highest BCUT2D eigenvalue weighted by atomic mass is 79.9. The van der Waals surface area contributed by atoms with Gasteiger partial charge in [-0.2, -0.15) is 0 Å². The first kappa shape index (κ1) is 12.6. The van der Waals surface area contributed by atoms with Gasteiger partial charge in [0.05, 0.1) is 10.5 Å². The molecule has 5 heteroatoms. The summed E-state index contributed by atoms with van der Waals surface area (Å²) in [5.74, 6) is 0.927. The minimum atomic E-state index is 0.174. The van der Waals surface area contributed by atoms with Gasteiger partial charge in [0, 0.05) is 12.6 Å². The SMILES string of the molecule is CN(C1CCC1)C(CN)c1cc(Br)c(Br)o1. The number of halogens is 2. The second-order valence-corrected chi connectivity index (χ2v) is 5.85. The van der Waals surface area contributed by atoms with E-state index in [1.165, 1.54) is 19.3 Å². The van der Waals surface area contributed by atoms with Crippen molar-refractivity contribution in [3.8, 4) is 0 Å². The van der Waals surface area contributed by atoms with Gasteiger partial charge < -0.3 is 10.2 Å². The quantitative estimate of drug-likeness (QED) is 0.905. The molecule has 3 nitrogen and oxygen atoms in total. The van der Waals surface area contributed by atoms with Gasteiger partial charge >= 0.3 is 0 Å². The second kappa shape index (κ2) is 5.21. The third-order valence-corrected chi connectivity index (χ3v) is 5.07. The molecule has 1 saturated carbocycles. The molecular weight excluding hydrogens is 336 g/mol. The van der Waals surface area contributed by atoms with Crippen LogP contribution < -0.4 is 5.73 Å². The Morgan fingerprint density at radius 1 is 1.56 bits per heavy atom. The van der Waals surface area contributed by atoms with Crippen LogP contribution >= 0.6 is 31.9 Å². The van der Waals surface area contributed by atoms with Crippen molar-refractivity contribution in [1.29, 1.82) is 0 Å². The maximum atomic E-state index is 5.85. The van der Waals surface area contributed by atoms with Crippen LogP contribution in [0.2, 0.25) is 0 Å². The zero-order chi connectivity index (χ0) is 11.7. The minimum absolute atomic E-state index is 0.174. The summed E-state index contributed by atoms with van der Waals surface area (Å²) < 4.78 is 7.34. The fourth-order valence-electron chi connectivity index (χ4n) is 2.06. The van der Waals surface area contributed by atoms with E-state index in [2.05, 4.69) is 43.8 Å². The number of hydrogen-bond donors (Lipinski definition) is 1. The van der Waals surface area contributed by atoms with Crippen molar-refractivity contribution in [1.82, 2.24) is 4.90 Å². The predicted molar refractivity (Wildman–Crippen MR) is 71.3 cm³/mol. The number of hydrogen-bond acceptors (Lipinski definition) is 3. The summed E-state index contributed by atoms with van der Waals surface area (Å²) in [6, 6.07) is 2.83. The van der Waals surface area contributed by atoms with Crippen molar-refractivity contribution in [2.24, 2.45) is 5.73 Å². The summed E-state index contributed by atoms with van der Waals surface area (Å²) in [5.41, 5.74) is 5.85. The summed E-state index contributed by atoms with van der Waals surface area (Å²) >= 11 is 6.79. The Labute approximate surface area is 113 Å². The summed E-state index contributed by atoms with van der Waals surface area (Å²) in [6.45, 7) is 0.583. The first-order chi connectivity index (χ1) is 7.63. The summed E-state index contributed by atoms with van der Waals surface area (Å²) in [7, 11) is 2.13. The van der Waals surface area contributed by atoms with Crippen LogP contribution in [0.3, 0.4) is 0 Å². The van der Waals surface area contributed by atoms with Gasteiger partial charge in [0.1, 0.15) is 5.76 Å². The highest BCUT2D eigenvalue weighted by Gasteiger charge is 2.29. The van der Waals surface area contributed by atoms with E-state index in [4.69, 9.17) is 10.2 Å². The van der Waals surface area contributed by atoms with Gasteiger partial charge in [-0.25, -0.2) is 0 Å². The van der Waals surface area contributed by atoms with Crippen LogP contribution in [0.15, 0.2) is 19.6 Å². The molecule has 1 aliphatic carbocycles. The zero-order valence-corrected chi connectivity index (χ0v) is 12.4. The summed E-state index contributed by atoms with van der Waals surface area (Å²) in [6.07, 6.45) is 3.88. The van der Waals surface area contributed by atoms with Crippen LogP contribution in [0, 0.1) is 0 Å². The van der Waals surface area contributed by atoms with Gasteiger partial charge in [0.15, 0.2) is 4.67 Å². The molecule has 2 N–H and O–H groups in total. The van der Waals surface area contributed by atoms with Crippen LogP contribution in [0.1, 0.15) is 31.1 Å². The van der Waals surface area contributed by atoms with Crippen molar-refractivity contribution in [3.63, 3.8) is 0 Å². The Hall–Kier alpha value is 0.160. The molecule has 0 saturated heterocycles. The Kier molecular flexibility index (Phi) is 4.11. The van der Waals surface area contributed by atoms with Crippen LogP contribution in [-0.2, 0) is 0 Å². The van der Waals surface area contributed by atoms with Crippen LogP contribution in [0.25, 0.3) is 0 Å². The van der Waals surface area contributed by atoms with E-state index in [0.29, 0.717) is 12.6 Å². The molecule has 0 aliphatic heterocycles. The van der Waals surface area contributed by atoms with Gasteiger partial charge in [-0.05, 0) is 57.8 Å². The van der Waals surface area contributed by atoms with Crippen LogP contribution in [-0.4, -0.2) is 24.5 Å². The Bertz CT molecular complexity index is 343. The molecule has 1 aromatic heterocycles. The van der Waals surface area contributed by atoms with E-state index in [1.807, 2.05) is 6.07 Å². The molecule has 0 radical (unpaired) electrons. The molecule has 1 aromatic rings. The molecule has 1 unspecified atom stereocenters. The molecule has 16 heavy (non-hydrogen) atoms. The van der Waals surface area contributed by atoms with E-state index in [-0.39, 0.29) is 6.04 Å². The fraction of sp³-hybridized carbons (Fsp3) is 0.636. The Morgan fingerprint density at radius 3 is 2.62 bits per heavy atom. The number of nitrogens with two attached hydrogens (primary N) is 1. The lowest BCUT2D eigenvalue weighted by atomic mass is 9.90. The van der Waals surface area contributed by atoms with E-state index in [9.17, 15) is 0 Å². The fourth-order valence-corrected chi connectivity index (χ4v) is 2.67. The molecule has 90 valence electrons. The average molecular weight is 352 g/mol. The van der Waals surface area contributed by atoms with E-state index >= 15 is 0 Å². The first-order valence-electron chi connectivity index (χ1n) is 5.50. The topological polar surface area (TPSA) is 42.4 Å². The molecule has 2 rings (SSSR count). The Morgan fingerprint density at radius 2 is 2.25 bits per heavy atom. The third-order valence-electron chi connectivity index (χ3n) is 3.36. The van der Waals surface area contributed by atoms with Crippen LogP contribution in [0.5, 0.6) is 0 Å². The highest BCUT2D eigenvalue weighted by molar-refractivity contribution is 9.13. The molecule has 0 aromatic carbocycles. The van der Waals surface area contributed by atoms with Crippen LogP contribution in [0.4, 0.5) is 0 Å². The van der Waals surface area contributed by atoms with Crippen molar-refractivity contribution >= 4 is 31.9 Å². The number of likely N-dealkylation sites (N-methyl/N-ethyl adjacent to an activating group) is 1. The van der Waals surface area contributed by atoms with E-state index < -0.39 is 0 Å². The number of nitrogens with zero attached hydrogens (tertiary/aromatic N) is 1. The summed E-state index contributed by atoms with van der Waals surface area (Å²) in [4.78, 5) is 2.33. The molecule has 0 bridgehead atoms. The molecule has 1 heterocycles. The lowest BCUT2D eigenvalue weighted by Gasteiger charge is -2.38. The van der Waals surface area contributed by atoms with Crippen molar-refractivity contribution in [2.75, 3.05) is 13.6 Å².